The van der Waals surface area contributed by atoms with Crippen LogP contribution in [0.2, 0.25) is 0 Å². The van der Waals surface area contributed by atoms with Gasteiger partial charge in [0.05, 0.1) is 18.5 Å². The van der Waals surface area contributed by atoms with Crippen LogP contribution in [0.15, 0.2) is 22.6 Å². The summed E-state index contributed by atoms with van der Waals surface area (Å²) >= 11 is 0. The number of nitrogens with zero attached hydrogens (tertiary/aromatic N) is 1. The first kappa shape index (κ1) is 10.7. The van der Waals surface area contributed by atoms with Crippen molar-refractivity contribution in [3.05, 3.63) is 29.9 Å². The van der Waals surface area contributed by atoms with E-state index in [0.29, 0.717) is 23.1 Å². The molecule has 0 radical (unpaired) electrons. The maximum Gasteiger partial charge on any atom is 0.204 e. The predicted molar refractivity (Wildman–Crippen MR) is 62.2 cm³/mol. The number of hydrogen-bond donors (Lipinski definition) is 1. The van der Waals surface area contributed by atoms with Crippen molar-refractivity contribution < 1.29 is 14.1 Å². The molecule has 17 heavy (non-hydrogen) atoms. The molecule has 1 saturated heterocycles. The molecule has 3 rings (SSSR count). The fourth-order valence-corrected chi connectivity index (χ4v) is 2.41. The van der Waals surface area contributed by atoms with Crippen LogP contribution in [0.1, 0.15) is 31.6 Å². The summed E-state index contributed by atoms with van der Waals surface area (Å²) in [5, 5.41) is 2.32. The average Bonchev–Trinajstić information content (AvgIpc) is 2.72. The molecule has 1 aromatic carbocycles. The van der Waals surface area contributed by atoms with Crippen LogP contribution in [0.25, 0.3) is 11.1 Å². The van der Waals surface area contributed by atoms with Gasteiger partial charge >= 0.3 is 0 Å². The summed E-state index contributed by atoms with van der Waals surface area (Å²) in [7, 11) is 0. The Labute approximate surface area is 99.0 Å². The molecular formula is C13H16FN2O+. The van der Waals surface area contributed by atoms with E-state index in [1.54, 1.807) is 6.07 Å². The lowest BCUT2D eigenvalue weighted by molar-refractivity contribution is -0.696. The number of hydrogen-bond acceptors (Lipinski definition) is 2. The van der Waals surface area contributed by atoms with Gasteiger partial charge in [0.2, 0.25) is 5.89 Å². The molecule has 1 aliphatic heterocycles. The summed E-state index contributed by atoms with van der Waals surface area (Å²) in [4.78, 5) is 4.40. The molecule has 90 valence electrons. The van der Waals surface area contributed by atoms with Crippen molar-refractivity contribution in [1.82, 2.24) is 4.98 Å². The zero-order valence-corrected chi connectivity index (χ0v) is 9.82. The minimum atomic E-state index is -0.263. The zero-order valence-electron chi connectivity index (χ0n) is 9.82. The van der Waals surface area contributed by atoms with E-state index in [1.807, 2.05) is 0 Å². The van der Waals surface area contributed by atoms with Crippen LogP contribution in [-0.2, 0) is 0 Å². The molecule has 3 nitrogen and oxygen atoms in total. The third-order valence-electron chi connectivity index (χ3n) is 3.51. The highest BCUT2D eigenvalue weighted by atomic mass is 19.1. The molecule has 1 aromatic heterocycles. The van der Waals surface area contributed by atoms with Crippen LogP contribution in [0.3, 0.4) is 0 Å². The number of rotatable bonds is 1. The molecule has 0 amide bonds. The fourth-order valence-electron chi connectivity index (χ4n) is 2.41. The molecule has 1 unspecified atom stereocenters. The summed E-state index contributed by atoms with van der Waals surface area (Å²) in [6.07, 6.45) is 2.28. The minimum Gasteiger partial charge on any atom is -0.440 e. The van der Waals surface area contributed by atoms with Crippen molar-refractivity contribution in [3.8, 4) is 0 Å². The van der Waals surface area contributed by atoms with E-state index in [9.17, 15) is 4.39 Å². The molecule has 1 fully saturated rings. The monoisotopic (exact) mass is 235 g/mol. The highest BCUT2D eigenvalue weighted by molar-refractivity contribution is 5.72. The maximum atomic E-state index is 13.1. The van der Waals surface area contributed by atoms with E-state index < -0.39 is 0 Å². The van der Waals surface area contributed by atoms with Gasteiger partial charge in [0.1, 0.15) is 11.3 Å². The van der Waals surface area contributed by atoms with E-state index in [0.717, 1.165) is 18.9 Å². The first-order chi connectivity index (χ1) is 8.22. The van der Waals surface area contributed by atoms with Gasteiger partial charge in [-0.05, 0) is 31.9 Å². The lowest BCUT2D eigenvalue weighted by atomic mass is 9.95. The average molecular weight is 235 g/mol. The molecule has 0 saturated carbocycles. The highest BCUT2D eigenvalue weighted by Crippen LogP contribution is 2.26. The number of oxazole rings is 1. The van der Waals surface area contributed by atoms with Gasteiger partial charge in [-0.1, -0.05) is 0 Å². The van der Waals surface area contributed by atoms with Crippen molar-refractivity contribution in [2.75, 3.05) is 6.54 Å². The standard InChI is InChI=1S/C13H15FN2O/c1-8-2-3-9(7-15-8)13-16-11-6-10(14)4-5-12(11)17-13/h4-6,8-9,15H,2-3,7H2,1H3/p+1/t8-,9?/m1/s1. The van der Waals surface area contributed by atoms with Crippen LogP contribution < -0.4 is 5.32 Å². The largest absolute Gasteiger partial charge is 0.440 e. The quantitative estimate of drug-likeness (QED) is 0.819. The Morgan fingerprint density at radius 3 is 3.06 bits per heavy atom. The lowest BCUT2D eigenvalue weighted by Crippen LogP contribution is -2.91. The first-order valence-electron chi connectivity index (χ1n) is 6.11. The molecule has 2 heterocycles. The second-order valence-electron chi connectivity index (χ2n) is 4.89. The summed E-state index contributed by atoms with van der Waals surface area (Å²) in [6, 6.07) is 5.17. The smallest absolute Gasteiger partial charge is 0.204 e. The van der Waals surface area contributed by atoms with Crippen LogP contribution in [0, 0.1) is 5.82 Å². The Kier molecular flexibility index (Phi) is 2.59. The van der Waals surface area contributed by atoms with Crippen molar-refractivity contribution in [1.29, 1.82) is 0 Å². The fraction of sp³-hybridized carbons (Fsp3) is 0.462. The molecule has 0 spiro atoms. The van der Waals surface area contributed by atoms with Gasteiger partial charge in [-0.2, -0.15) is 0 Å². The summed E-state index contributed by atoms with van der Waals surface area (Å²) < 4.78 is 18.8. The zero-order chi connectivity index (χ0) is 11.8. The van der Waals surface area contributed by atoms with Gasteiger partial charge in [-0.15, -0.1) is 0 Å². The van der Waals surface area contributed by atoms with Gasteiger partial charge < -0.3 is 9.73 Å². The SMILES string of the molecule is C[C@@H]1CCC(c2nc3cc(F)ccc3o2)C[NH2+]1. The molecule has 4 heteroatoms. The summed E-state index contributed by atoms with van der Waals surface area (Å²) in [5.41, 5.74) is 1.30. The van der Waals surface area contributed by atoms with Crippen molar-refractivity contribution >= 4 is 11.1 Å². The molecule has 2 aromatic rings. The van der Waals surface area contributed by atoms with E-state index in [4.69, 9.17) is 4.42 Å². The van der Waals surface area contributed by atoms with Crippen molar-refractivity contribution in [3.63, 3.8) is 0 Å². The van der Waals surface area contributed by atoms with Gasteiger partial charge in [0.15, 0.2) is 5.58 Å². The minimum absolute atomic E-state index is 0.263. The first-order valence-corrected chi connectivity index (χ1v) is 6.11. The molecular weight excluding hydrogens is 219 g/mol. The number of halogens is 1. The Balaban J connectivity index is 1.90. The maximum absolute atomic E-state index is 13.1. The molecule has 2 N–H and O–H groups in total. The third-order valence-corrected chi connectivity index (χ3v) is 3.51. The molecule has 1 aliphatic rings. The lowest BCUT2D eigenvalue weighted by Gasteiger charge is -2.22. The van der Waals surface area contributed by atoms with E-state index >= 15 is 0 Å². The van der Waals surface area contributed by atoms with Gasteiger partial charge in [-0.3, -0.25) is 0 Å². The number of aromatic nitrogens is 1. The topological polar surface area (TPSA) is 42.6 Å². The third kappa shape index (κ3) is 2.05. The van der Waals surface area contributed by atoms with Crippen LogP contribution in [-0.4, -0.2) is 17.6 Å². The van der Waals surface area contributed by atoms with E-state index in [1.165, 1.54) is 18.6 Å². The number of piperidine rings is 1. The second-order valence-corrected chi connectivity index (χ2v) is 4.89. The number of fused-ring (bicyclic) bond motifs is 1. The summed E-state index contributed by atoms with van der Waals surface area (Å²) in [5.74, 6) is 0.858. The normalized spacial score (nSPS) is 25.3. The Morgan fingerprint density at radius 1 is 1.41 bits per heavy atom. The second kappa shape index (κ2) is 4.11. The van der Waals surface area contributed by atoms with Crippen molar-refractivity contribution in [2.45, 2.75) is 31.7 Å². The van der Waals surface area contributed by atoms with Crippen LogP contribution in [0.5, 0.6) is 0 Å². The molecule has 2 atom stereocenters. The van der Waals surface area contributed by atoms with Gasteiger partial charge in [0, 0.05) is 6.07 Å². The van der Waals surface area contributed by atoms with Gasteiger partial charge in [-0.25, -0.2) is 9.37 Å². The summed E-state index contributed by atoms with van der Waals surface area (Å²) in [6.45, 7) is 3.24. The molecule has 0 bridgehead atoms. The van der Waals surface area contributed by atoms with E-state index in [-0.39, 0.29) is 5.82 Å². The molecule has 0 aliphatic carbocycles. The van der Waals surface area contributed by atoms with Crippen LogP contribution in [0.4, 0.5) is 4.39 Å². The van der Waals surface area contributed by atoms with Crippen LogP contribution >= 0.6 is 0 Å². The van der Waals surface area contributed by atoms with E-state index in [2.05, 4.69) is 17.2 Å². The Morgan fingerprint density at radius 2 is 2.29 bits per heavy atom. The predicted octanol–water partition coefficient (Wildman–Crippen LogP) is 1.80. The number of quaternary nitrogens is 1. The van der Waals surface area contributed by atoms with Gasteiger partial charge in [0.25, 0.3) is 0 Å². The van der Waals surface area contributed by atoms with Crippen molar-refractivity contribution in [2.24, 2.45) is 0 Å². The Bertz CT molecular complexity index is 529. The number of benzene rings is 1. The number of nitrogens with two attached hydrogens (primary N) is 1. The Hall–Kier alpha value is -1.42. The highest BCUT2D eigenvalue weighted by Gasteiger charge is 2.26.